The molecular formula is C19H23N5O2. The van der Waals surface area contributed by atoms with Crippen LogP contribution in [-0.4, -0.2) is 45.3 Å². The number of rotatable bonds is 4. The minimum atomic E-state index is -0.0669. The van der Waals surface area contributed by atoms with Crippen molar-refractivity contribution in [2.75, 3.05) is 25.1 Å². The molecule has 1 N–H and O–H groups in total. The molecule has 7 nitrogen and oxygen atoms in total. The number of hydrogen-bond acceptors (Lipinski definition) is 6. The molecule has 136 valence electrons. The van der Waals surface area contributed by atoms with Gasteiger partial charge in [-0.15, -0.1) is 5.10 Å². The number of pyridine rings is 1. The number of anilines is 1. The molecule has 0 aliphatic carbocycles. The summed E-state index contributed by atoms with van der Waals surface area (Å²) in [6.45, 7) is 3.89. The van der Waals surface area contributed by atoms with Crippen molar-refractivity contribution in [2.45, 2.75) is 32.4 Å². The maximum absolute atomic E-state index is 9.15. The average Bonchev–Trinajstić information content (AvgIpc) is 3.17. The summed E-state index contributed by atoms with van der Waals surface area (Å²) in [5.74, 6) is 1.84. The highest BCUT2D eigenvalue weighted by Gasteiger charge is 2.23. The second kappa shape index (κ2) is 6.92. The lowest BCUT2D eigenvalue weighted by atomic mass is 10.0. The largest absolute Gasteiger partial charge is 0.497 e. The van der Waals surface area contributed by atoms with Gasteiger partial charge in [-0.3, -0.25) is 0 Å². The number of aliphatic hydroxyl groups is 1. The molecule has 4 rings (SSSR count). The van der Waals surface area contributed by atoms with Crippen LogP contribution in [0.3, 0.4) is 0 Å². The molecule has 0 unspecified atom stereocenters. The Morgan fingerprint density at radius 1 is 1.23 bits per heavy atom. The number of fused-ring (bicyclic) bond motifs is 1. The number of aromatic nitrogens is 4. The zero-order chi connectivity index (χ0) is 18.1. The molecule has 0 saturated carbocycles. The summed E-state index contributed by atoms with van der Waals surface area (Å²) >= 11 is 0. The third-order valence-corrected chi connectivity index (χ3v) is 5.09. The Labute approximate surface area is 152 Å². The highest BCUT2D eigenvalue weighted by Crippen LogP contribution is 2.29. The van der Waals surface area contributed by atoms with Crippen LogP contribution in [0.2, 0.25) is 0 Å². The maximum Gasteiger partial charge on any atom is 0.129 e. The fourth-order valence-electron chi connectivity index (χ4n) is 3.58. The monoisotopic (exact) mass is 353 g/mol. The number of aryl methyl sites for hydroxylation is 1. The Morgan fingerprint density at radius 3 is 2.73 bits per heavy atom. The lowest BCUT2D eigenvalue weighted by molar-refractivity contribution is 0.276. The van der Waals surface area contributed by atoms with Crippen LogP contribution < -0.4 is 9.64 Å². The van der Waals surface area contributed by atoms with Crippen LogP contribution in [0, 0.1) is 6.92 Å². The van der Waals surface area contributed by atoms with E-state index in [9.17, 15) is 0 Å². The van der Waals surface area contributed by atoms with Crippen LogP contribution >= 0.6 is 0 Å². The van der Waals surface area contributed by atoms with Crippen LogP contribution in [0.5, 0.6) is 5.75 Å². The van der Waals surface area contributed by atoms with Gasteiger partial charge < -0.3 is 14.7 Å². The number of ether oxygens (including phenoxy) is 1. The smallest absolute Gasteiger partial charge is 0.129 e. The predicted octanol–water partition coefficient (Wildman–Crippen LogP) is 2.48. The van der Waals surface area contributed by atoms with Gasteiger partial charge >= 0.3 is 0 Å². The number of nitrogens with zero attached hydrogens (tertiary/aromatic N) is 5. The van der Waals surface area contributed by atoms with E-state index < -0.39 is 0 Å². The van der Waals surface area contributed by atoms with E-state index in [0.29, 0.717) is 11.7 Å². The second-order valence-electron chi connectivity index (χ2n) is 6.75. The van der Waals surface area contributed by atoms with Crippen molar-refractivity contribution < 1.29 is 9.84 Å². The van der Waals surface area contributed by atoms with Crippen LogP contribution in [0.4, 0.5) is 5.82 Å². The van der Waals surface area contributed by atoms with Gasteiger partial charge in [0.25, 0.3) is 0 Å². The maximum atomic E-state index is 9.15. The van der Waals surface area contributed by atoms with Crippen molar-refractivity contribution >= 4 is 16.7 Å². The summed E-state index contributed by atoms with van der Waals surface area (Å²) < 4.78 is 7.22. The zero-order valence-electron chi connectivity index (χ0n) is 15.1. The summed E-state index contributed by atoms with van der Waals surface area (Å²) in [5.41, 5.74) is 2.80. The molecule has 1 fully saturated rings. The summed E-state index contributed by atoms with van der Waals surface area (Å²) in [6.07, 6.45) is 3.79. The van der Waals surface area contributed by atoms with E-state index in [0.717, 1.165) is 48.4 Å². The molecule has 26 heavy (non-hydrogen) atoms. The Kier molecular flexibility index (Phi) is 4.46. The van der Waals surface area contributed by atoms with Crippen LogP contribution in [0.15, 0.2) is 30.5 Å². The van der Waals surface area contributed by atoms with Gasteiger partial charge in [0.15, 0.2) is 0 Å². The van der Waals surface area contributed by atoms with Gasteiger partial charge in [-0.2, -0.15) is 0 Å². The van der Waals surface area contributed by atoms with Gasteiger partial charge in [-0.05, 0) is 43.5 Å². The highest BCUT2D eigenvalue weighted by atomic mass is 16.5. The van der Waals surface area contributed by atoms with Gasteiger partial charge in [-0.25, -0.2) is 9.67 Å². The van der Waals surface area contributed by atoms with Gasteiger partial charge in [0.1, 0.15) is 17.3 Å². The fraction of sp³-hybridized carbons (Fsp3) is 0.421. The number of piperidine rings is 1. The summed E-state index contributed by atoms with van der Waals surface area (Å²) in [6, 6.07) is 8.51. The summed E-state index contributed by atoms with van der Waals surface area (Å²) in [5, 5.41) is 18.4. The number of hydrogen-bond donors (Lipinski definition) is 1. The van der Waals surface area contributed by atoms with Crippen molar-refractivity contribution in [2.24, 2.45) is 0 Å². The lowest BCUT2D eigenvalue weighted by Crippen LogP contribution is -2.35. The molecular weight excluding hydrogens is 330 g/mol. The van der Waals surface area contributed by atoms with Crippen molar-refractivity contribution in [1.82, 2.24) is 20.0 Å². The first-order valence-electron chi connectivity index (χ1n) is 8.90. The third-order valence-electron chi connectivity index (χ3n) is 5.09. The van der Waals surface area contributed by atoms with Crippen molar-refractivity contribution in [3.05, 3.63) is 41.7 Å². The Hall–Kier alpha value is -2.67. The molecule has 2 aromatic heterocycles. The van der Waals surface area contributed by atoms with E-state index >= 15 is 0 Å². The van der Waals surface area contributed by atoms with E-state index in [4.69, 9.17) is 14.8 Å². The molecule has 1 aromatic carbocycles. The number of aliphatic hydroxyl groups excluding tert-OH is 1. The van der Waals surface area contributed by atoms with Crippen LogP contribution in [0.1, 0.15) is 30.1 Å². The standard InChI is InChI=1S/C19H23N5O2/c1-13-9-19(20-18-10-16(26-2)3-4-17(13)18)23-7-5-15(6-8-23)24-11-14(12-25)21-22-24/h3-4,9-11,15,25H,5-8,12H2,1-2H3. The predicted molar refractivity (Wildman–Crippen MR) is 99.5 cm³/mol. The molecule has 1 aliphatic heterocycles. The molecule has 1 aliphatic rings. The van der Waals surface area contributed by atoms with E-state index in [1.165, 1.54) is 5.56 Å². The second-order valence-corrected chi connectivity index (χ2v) is 6.75. The normalized spacial score (nSPS) is 15.6. The molecule has 3 heterocycles. The van der Waals surface area contributed by atoms with E-state index in [-0.39, 0.29) is 6.61 Å². The Morgan fingerprint density at radius 2 is 2.04 bits per heavy atom. The minimum Gasteiger partial charge on any atom is -0.497 e. The fourth-order valence-corrected chi connectivity index (χ4v) is 3.58. The first kappa shape index (κ1) is 16.8. The van der Waals surface area contributed by atoms with E-state index in [2.05, 4.69) is 34.3 Å². The number of methoxy groups -OCH3 is 1. The lowest BCUT2D eigenvalue weighted by Gasteiger charge is -2.33. The van der Waals surface area contributed by atoms with Gasteiger partial charge in [-0.1, -0.05) is 5.21 Å². The van der Waals surface area contributed by atoms with Gasteiger partial charge in [0, 0.05) is 24.5 Å². The summed E-state index contributed by atoms with van der Waals surface area (Å²) in [4.78, 5) is 7.19. The molecule has 1 saturated heterocycles. The Balaban J connectivity index is 1.53. The van der Waals surface area contributed by atoms with Crippen molar-refractivity contribution in [3.63, 3.8) is 0 Å². The van der Waals surface area contributed by atoms with Crippen LogP contribution in [0.25, 0.3) is 10.9 Å². The quantitative estimate of drug-likeness (QED) is 0.776. The van der Waals surface area contributed by atoms with E-state index in [1.807, 2.05) is 23.0 Å². The number of benzene rings is 1. The molecule has 0 bridgehead atoms. The first-order valence-corrected chi connectivity index (χ1v) is 8.90. The third kappa shape index (κ3) is 3.10. The Bertz CT molecular complexity index is 915. The zero-order valence-corrected chi connectivity index (χ0v) is 15.1. The molecule has 0 atom stereocenters. The molecule has 0 spiro atoms. The van der Waals surface area contributed by atoms with Crippen LogP contribution in [-0.2, 0) is 6.61 Å². The highest BCUT2D eigenvalue weighted by molar-refractivity contribution is 5.85. The van der Waals surface area contributed by atoms with E-state index in [1.54, 1.807) is 7.11 Å². The van der Waals surface area contributed by atoms with Gasteiger partial charge in [0.05, 0.1) is 31.5 Å². The average molecular weight is 353 g/mol. The van der Waals surface area contributed by atoms with Gasteiger partial charge in [0.2, 0.25) is 0 Å². The molecule has 0 amide bonds. The first-order chi connectivity index (χ1) is 12.7. The molecule has 7 heteroatoms. The van der Waals surface area contributed by atoms with Crippen molar-refractivity contribution in [3.8, 4) is 5.75 Å². The van der Waals surface area contributed by atoms with Crippen molar-refractivity contribution in [1.29, 1.82) is 0 Å². The summed E-state index contributed by atoms with van der Waals surface area (Å²) in [7, 11) is 1.68. The SMILES string of the molecule is COc1ccc2c(C)cc(N3CCC(n4cc(CO)nn4)CC3)nc2c1. The topological polar surface area (TPSA) is 76.3 Å². The minimum absolute atomic E-state index is 0.0669. The molecule has 3 aromatic rings. The molecule has 0 radical (unpaired) electrons.